The topological polar surface area (TPSA) is 57.8 Å². The van der Waals surface area contributed by atoms with Crippen molar-refractivity contribution in [3.63, 3.8) is 0 Å². The van der Waals surface area contributed by atoms with Crippen LogP contribution in [0.4, 0.5) is 32.0 Å². The van der Waals surface area contributed by atoms with Gasteiger partial charge in [0.1, 0.15) is 5.56 Å². The van der Waals surface area contributed by atoms with Crippen LogP contribution in [0, 0.1) is 11.8 Å². The lowest BCUT2D eigenvalue weighted by Crippen LogP contribution is -2.25. The van der Waals surface area contributed by atoms with Crippen molar-refractivity contribution in [1.29, 1.82) is 0 Å². The molecule has 0 bridgehead atoms. The van der Waals surface area contributed by atoms with E-state index in [1.807, 2.05) is 0 Å². The quantitative estimate of drug-likeness (QED) is 0.638. The summed E-state index contributed by atoms with van der Waals surface area (Å²) in [6.45, 7) is -0.416. The van der Waals surface area contributed by atoms with E-state index in [1.165, 1.54) is 12.1 Å². The van der Waals surface area contributed by atoms with E-state index in [0.717, 1.165) is 18.3 Å². The molecule has 0 saturated heterocycles. The number of aromatic nitrogens is 2. The minimum Gasteiger partial charge on any atom is -0.372 e. The van der Waals surface area contributed by atoms with Gasteiger partial charge < -0.3 is 5.32 Å². The van der Waals surface area contributed by atoms with E-state index in [-0.39, 0.29) is 5.56 Å². The van der Waals surface area contributed by atoms with Gasteiger partial charge in [-0.05, 0) is 12.1 Å². The largest absolute Gasteiger partial charge is 0.423 e. The van der Waals surface area contributed by atoms with Crippen LogP contribution in [0.15, 0.2) is 35.3 Å². The van der Waals surface area contributed by atoms with Crippen molar-refractivity contribution >= 4 is 5.69 Å². The normalized spacial score (nSPS) is 11.6. The molecule has 0 fully saturated rings. The minimum atomic E-state index is -4.92. The Hall–Kier alpha value is -2.96. The zero-order valence-corrected chi connectivity index (χ0v) is 12.2. The highest BCUT2D eigenvalue weighted by molar-refractivity contribution is 5.51. The fraction of sp³-hybridized carbons (Fsp3) is 0.200. The third-order valence-corrected chi connectivity index (χ3v) is 2.96. The molecule has 0 atom stereocenters. The molecule has 0 aliphatic rings. The molecule has 2 N–H and O–H groups in total. The zero-order valence-electron chi connectivity index (χ0n) is 12.2. The molecule has 1 aromatic heterocycles. The Kier molecular flexibility index (Phi) is 5.06. The molecule has 2 aromatic rings. The van der Waals surface area contributed by atoms with Crippen LogP contribution in [0.1, 0.15) is 16.7 Å². The van der Waals surface area contributed by atoms with Crippen LogP contribution >= 0.6 is 0 Å². The lowest BCUT2D eigenvalue weighted by Gasteiger charge is -2.11. The number of rotatable bonds is 2. The molecular weight excluding hydrogens is 352 g/mol. The summed E-state index contributed by atoms with van der Waals surface area (Å²) in [5.74, 6) is 4.54. The van der Waals surface area contributed by atoms with Crippen molar-refractivity contribution < 1.29 is 26.3 Å². The van der Waals surface area contributed by atoms with Gasteiger partial charge in [-0.25, -0.2) is 5.10 Å². The molecule has 25 heavy (non-hydrogen) atoms. The number of aromatic amines is 1. The van der Waals surface area contributed by atoms with E-state index >= 15 is 0 Å². The number of hydrogen-bond donors (Lipinski definition) is 2. The Morgan fingerprint density at radius 1 is 1.08 bits per heavy atom. The summed E-state index contributed by atoms with van der Waals surface area (Å²) in [7, 11) is 0. The van der Waals surface area contributed by atoms with Crippen molar-refractivity contribution in [2.45, 2.75) is 12.4 Å². The smallest absolute Gasteiger partial charge is 0.372 e. The fourth-order valence-corrected chi connectivity index (χ4v) is 1.93. The summed E-state index contributed by atoms with van der Waals surface area (Å²) in [5, 5.41) is 7.14. The van der Waals surface area contributed by atoms with Gasteiger partial charge in [0, 0.05) is 5.56 Å². The minimum absolute atomic E-state index is 0.308. The van der Waals surface area contributed by atoms with Gasteiger partial charge in [0.25, 0.3) is 5.56 Å². The molecule has 0 aliphatic heterocycles. The third-order valence-electron chi connectivity index (χ3n) is 2.96. The number of nitrogens with zero attached hydrogens (tertiary/aromatic N) is 1. The second-order valence-corrected chi connectivity index (χ2v) is 4.68. The highest BCUT2D eigenvalue weighted by atomic mass is 19.4. The molecule has 0 spiro atoms. The number of alkyl halides is 6. The Morgan fingerprint density at radius 2 is 1.76 bits per heavy atom. The molecule has 0 unspecified atom stereocenters. The van der Waals surface area contributed by atoms with Crippen molar-refractivity contribution in [2.24, 2.45) is 0 Å². The van der Waals surface area contributed by atoms with Crippen LogP contribution in [0.2, 0.25) is 0 Å². The maximum absolute atomic E-state index is 12.8. The van der Waals surface area contributed by atoms with E-state index in [0.29, 0.717) is 0 Å². The number of hydrogen-bond acceptors (Lipinski definition) is 3. The van der Waals surface area contributed by atoms with E-state index in [2.05, 4.69) is 22.3 Å². The Bertz CT molecular complexity index is 874. The second-order valence-electron chi connectivity index (χ2n) is 4.68. The van der Waals surface area contributed by atoms with Gasteiger partial charge in [-0.3, -0.25) is 4.79 Å². The van der Waals surface area contributed by atoms with Gasteiger partial charge in [0.2, 0.25) is 0 Å². The molecule has 0 saturated carbocycles. The van der Waals surface area contributed by atoms with Gasteiger partial charge in [-0.15, -0.1) is 0 Å². The highest BCUT2D eigenvalue weighted by Gasteiger charge is 2.37. The Balaban J connectivity index is 2.21. The third kappa shape index (κ3) is 4.53. The molecular formula is C15H9F6N3O. The van der Waals surface area contributed by atoms with Crippen molar-refractivity contribution in [3.8, 4) is 11.8 Å². The molecule has 0 amide bonds. The zero-order chi connectivity index (χ0) is 18.7. The van der Waals surface area contributed by atoms with E-state index < -0.39 is 41.3 Å². The lowest BCUT2D eigenvalue weighted by atomic mass is 10.1. The number of benzene rings is 1. The molecule has 4 nitrogen and oxygen atoms in total. The highest BCUT2D eigenvalue weighted by Crippen LogP contribution is 2.32. The summed E-state index contributed by atoms with van der Waals surface area (Å²) < 4.78 is 76.8. The first-order valence-corrected chi connectivity index (χ1v) is 6.64. The Labute approximate surface area is 136 Å². The van der Waals surface area contributed by atoms with Crippen molar-refractivity contribution in [1.82, 2.24) is 10.2 Å². The SMILES string of the molecule is O=c1[nH]ncc(NCC#Cc2ccccc2C(F)(F)F)c1C(F)(F)F. The molecule has 10 heteroatoms. The molecule has 0 radical (unpaired) electrons. The summed E-state index contributed by atoms with van der Waals surface area (Å²) >= 11 is 0. The van der Waals surface area contributed by atoms with Crippen LogP contribution in [0.25, 0.3) is 0 Å². The van der Waals surface area contributed by atoms with Gasteiger partial charge in [-0.1, -0.05) is 24.0 Å². The standard InChI is InChI=1S/C15H9F6N3O/c16-14(17,18)10-6-2-1-4-9(10)5-3-7-22-11-8-23-24-13(25)12(11)15(19,20)21/h1-2,4,6,8H,7H2,(H2,22,24,25). The number of halogens is 6. The summed E-state index contributed by atoms with van der Waals surface area (Å²) in [4.78, 5) is 11.3. The summed E-state index contributed by atoms with van der Waals surface area (Å²) in [6, 6.07) is 4.55. The fourth-order valence-electron chi connectivity index (χ4n) is 1.93. The van der Waals surface area contributed by atoms with Crippen molar-refractivity contribution in [2.75, 3.05) is 11.9 Å². The maximum atomic E-state index is 12.8. The molecule has 1 aromatic carbocycles. The van der Waals surface area contributed by atoms with Gasteiger partial charge in [0.15, 0.2) is 0 Å². The summed E-state index contributed by atoms with van der Waals surface area (Å²) in [6.07, 6.45) is -8.77. The Morgan fingerprint density at radius 3 is 2.40 bits per heavy atom. The van der Waals surface area contributed by atoms with Crippen LogP contribution in [0.5, 0.6) is 0 Å². The van der Waals surface area contributed by atoms with Crippen LogP contribution in [0.3, 0.4) is 0 Å². The van der Waals surface area contributed by atoms with Gasteiger partial charge in [-0.2, -0.15) is 31.4 Å². The first-order valence-electron chi connectivity index (χ1n) is 6.64. The predicted molar refractivity (Wildman–Crippen MR) is 76.7 cm³/mol. The van der Waals surface area contributed by atoms with Crippen molar-refractivity contribution in [3.05, 3.63) is 57.5 Å². The average molecular weight is 361 g/mol. The van der Waals surface area contributed by atoms with Gasteiger partial charge >= 0.3 is 12.4 Å². The monoisotopic (exact) mass is 361 g/mol. The number of nitrogens with one attached hydrogen (secondary N) is 2. The molecule has 2 rings (SSSR count). The van der Waals surface area contributed by atoms with E-state index in [9.17, 15) is 31.1 Å². The van der Waals surface area contributed by atoms with E-state index in [1.54, 1.807) is 5.10 Å². The van der Waals surface area contributed by atoms with Crippen LogP contribution in [-0.4, -0.2) is 16.7 Å². The molecule has 1 heterocycles. The molecule has 132 valence electrons. The first-order chi connectivity index (χ1) is 11.6. The lowest BCUT2D eigenvalue weighted by molar-refractivity contribution is -0.138. The van der Waals surface area contributed by atoms with Crippen LogP contribution < -0.4 is 10.9 Å². The second kappa shape index (κ2) is 6.88. The number of anilines is 1. The first kappa shape index (κ1) is 18.4. The number of H-pyrrole nitrogens is 1. The van der Waals surface area contributed by atoms with Gasteiger partial charge in [0.05, 0.1) is 24.0 Å². The van der Waals surface area contributed by atoms with E-state index in [4.69, 9.17) is 0 Å². The molecule has 0 aliphatic carbocycles. The summed E-state index contributed by atoms with van der Waals surface area (Å²) in [5.41, 5.74) is -4.80. The average Bonchev–Trinajstić information content (AvgIpc) is 2.49. The predicted octanol–water partition coefficient (Wildman–Crippen LogP) is 3.27. The van der Waals surface area contributed by atoms with Crippen LogP contribution in [-0.2, 0) is 12.4 Å². The maximum Gasteiger partial charge on any atom is 0.423 e.